The third kappa shape index (κ3) is 1.92. The summed E-state index contributed by atoms with van der Waals surface area (Å²) in [5, 5.41) is 6.95. The lowest BCUT2D eigenvalue weighted by atomic mass is 10.1. The minimum absolute atomic E-state index is 0.668. The highest BCUT2D eigenvalue weighted by Gasteiger charge is 2.18. The van der Waals surface area contributed by atoms with Crippen LogP contribution in [0.1, 0.15) is 19.3 Å². The Bertz CT molecular complexity index is 528. The summed E-state index contributed by atoms with van der Waals surface area (Å²) in [7, 11) is 0. The molecule has 0 atom stereocenters. The van der Waals surface area contributed by atoms with Gasteiger partial charge in [-0.1, -0.05) is 0 Å². The van der Waals surface area contributed by atoms with Crippen molar-refractivity contribution < 1.29 is 0 Å². The number of aromatic nitrogens is 3. The zero-order valence-corrected chi connectivity index (χ0v) is 10.3. The Morgan fingerprint density at radius 2 is 2.06 bits per heavy atom. The molecule has 2 aromatic heterocycles. The van der Waals surface area contributed by atoms with Crippen LogP contribution in [0, 0.1) is 0 Å². The maximum Gasteiger partial charge on any atom is 0.138 e. The molecule has 0 spiro atoms. The SMILES string of the molecule is Nc1cn[nH]c1-c1cccnc1N1CCCCC1. The quantitative estimate of drug-likeness (QED) is 0.846. The second-order valence-corrected chi connectivity index (χ2v) is 4.62. The van der Waals surface area contributed by atoms with Gasteiger partial charge >= 0.3 is 0 Å². The van der Waals surface area contributed by atoms with Crippen LogP contribution in [0.4, 0.5) is 11.5 Å². The number of hydrogen-bond acceptors (Lipinski definition) is 4. The van der Waals surface area contributed by atoms with Crippen molar-refractivity contribution in [1.82, 2.24) is 15.2 Å². The van der Waals surface area contributed by atoms with Crippen LogP contribution in [0.5, 0.6) is 0 Å². The fourth-order valence-corrected chi connectivity index (χ4v) is 2.46. The Morgan fingerprint density at radius 1 is 1.22 bits per heavy atom. The van der Waals surface area contributed by atoms with Gasteiger partial charge in [-0.3, -0.25) is 5.10 Å². The normalized spacial score (nSPS) is 15.9. The van der Waals surface area contributed by atoms with Crippen molar-refractivity contribution in [2.24, 2.45) is 0 Å². The molecule has 1 fully saturated rings. The molecular formula is C13H17N5. The molecule has 18 heavy (non-hydrogen) atoms. The maximum absolute atomic E-state index is 5.93. The number of pyridine rings is 1. The van der Waals surface area contributed by atoms with Crippen LogP contribution in [-0.4, -0.2) is 28.3 Å². The van der Waals surface area contributed by atoms with Crippen molar-refractivity contribution >= 4 is 11.5 Å². The molecule has 5 heteroatoms. The highest BCUT2D eigenvalue weighted by Crippen LogP contribution is 2.31. The summed E-state index contributed by atoms with van der Waals surface area (Å²) in [4.78, 5) is 6.85. The molecule has 0 bridgehead atoms. The minimum Gasteiger partial charge on any atom is -0.396 e. The molecule has 0 amide bonds. The fraction of sp³-hybridized carbons (Fsp3) is 0.385. The third-order valence-corrected chi connectivity index (χ3v) is 3.38. The number of aromatic amines is 1. The van der Waals surface area contributed by atoms with Crippen LogP contribution in [0.3, 0.4) is 0 Å². The van der Waals surface area contributed by atoms with E-state index >= 15 is 0 Å². The molecule has 0 aliphatic carbocycles. The van der Waals surface area contributed by atoms with Gasteiger partial charge in [0.25, 0.3) is 0 Å². The average molecular weight is 243 g/mol. The summed E-state index contributed by atoms with van der Waals surface area (Å²) < 4.78 is 0. The summed E-state index contributed by atoms with van der Waals surface area (Å²) in [6.07, 6.45) is 7.25. The lowest BCUT2D eigenvalue weighted by Gasteiger charge is -2.29. The molecule has 0 saturated carbocycles. The van der Waals surface area contributed by atoms with Crippen molar-refractivity contribution in [2.45, 2.75) is 19.3 Å². The lowest BCUT2D eigenvalue weighted by molar-refractivity contribution is 0.574. The predicted molar refractivity (Wildman–Crippen MR) is 72.3 cm³/mol. The van der Waals surface area contributed by atoms with E-state index in [1.807, 2.05) is 18.3 Å². The van der Waals surface area contributed by atoms with E-state index in [1.165, 1.54) is 19.3 Å². The number of nitrogen functional groups attached to an aromatic ring is 1. The van der Waals surface area contributed by atoms with Gasteiger partial charge in [0.05, 0.1) is 17.6 Å². The van der Waals surface area contributed by atoms with Gasteiger partial charge in [0.1, 0.15) is 5.82 Å². The smallest absolute Gasteiger partial charge is 0.138 e. The second kappa shape index (κ2) is 4.68. The van der Waals surface area contributed by atoms with Crippen molar-refractivity contribution in [1.29, 1.82) is 0 Å². The molecule has 2 aromatic rings. The molecule has 0 radical (unpaired) electrons. The van der Waals surface area contributed by atoms with Crippen LogP contribution in [-0.2, 0) is 0 Å². The molecular weight excluding hydrogens is 226 g/mol. The van der Waals surface area contributed by atoms with Crippen LogP contribution >= 0.6 is 0 Å². The van der Waals surface area contributed by atoms with E-state index in [0.717, 1.165) is 30.2 Å². The second-order valence-electron chi connectivity index (χ2n) is 4.62. The summed E-state index contributed by atoms with van der Waals surface area (Å²) in [6, 6.07) is 3.98. The number of nitrogens with one attached hydrogen (secondary N) is 1. The third-order valence-electron chi connectivity index (χ3n) is 3.38. The first-order valence-corrected chi connectivity index (χ1v) is 6.35. The lowest BCUT2D eigenvalue weighted by Crippen LogP contribution is -2.30. The van der Waals surface area contributed by atoms with E-state index in [9.17, 15) is 0 Å². The average Bonchev–Trinajstić information content (AvgIpc) is 2.86. The van der Waals surface area contributed by atoms with E-state index in [1.54, 1.807) is 6.20 Å². The Balaban J connectivity index is 2.02. The number of hydrogen-bond donors (Lipinski definition) is 2. The van der Waals surface area contributed by atoms with Gasteiger partial charge in [-0.25, -0.2) is 4.98 Å². The van der Waals surface area contributed by atoms with Crippen molar-refractivity contribution in [3.05, 3.63) is 24.5 Å². The summed E-state index contributed by atoms with van der Waals surface area (Å²) in [5.74, 6) is 1.01. The Labute approximate surface area is 106 Å². The molecule has 1 aliphatic rings. The first-order chi connectivity index (χ1) is 8.86. The zero-order valence-electron chi connectivity index (χ0n) is 10.3. The van der Waals surface area contributed by atoms with E-state index in [0.29, 0.717) is 5.69 Å². The number of nitrogens with zero attached hydrogens (tertiary/aromatic N) is 3. The predicted octanol–water partition coefficient (Wildman–Crippen LogP) is 2.04. The Kier molecular flexibility index (Phi) is 2.88. The van der Waals surface area contributed by atoms with Gasteiger partial charge < -0.3 is 10.6 Å². The molecule has 1 aliphatic heterocycles. The topological polar surface area (TPSA) is 70.8 Å². The summed E-state index contributed by atoms with van der Waals surface area (Å²) in [6.45, 7) is 2.14. The molecule has 5 nitrogen and oxygen atoms in total. The number of piperidine rings is 1. The highest BCUT2D eigenvalue weighted by atomic mass is 15.2. The standard InChI is InChI=1S/C13H17N5/c14-11-9-16-17-12(11)10-5-4-6-15-13(10)18-7-2-1-3-8-18/h4-6,9H,1-3,7-8,14H2,(H,16,17). The largest absolute Gasteiger partial charge is 0.396 e. The Hall–Kier alpha value is -2.04. The van der Waals surface area contributed by atoms with E-state index in [4.69, 9.17) is 5.73 Å². The van der Waals surface area contributed by atoms with Crippen LogP contribution in [0.15, 0.2) is 24.5 Å². The van der Waals surface area contributed by atoms with Gasteiger partial charge in [-0.2, -0.15) is 5.10 Å². The van der Waals surface area contributed by atoms with Crippen LogP contribution in [0.2, 0.25) is 0 Å². The van der Waals surface area contributed by atoms with Crippen LogP contribution < -0.4 is 10.6 Å². The summed E-state index contributed by atoms with van der Waals surface area (Å²) in [5.41, 5.74) is 8.50. The van der Waals surface area contributed by atoms with Gasteiger partial charge in [-0.05, 0) is 31.4 Å². The molecule has 0 unspecified atom stereocenters. The first kappa shape index (κ1) is 11.1. The number of rotatable bonds is 2. The zero-order chi connectivity index (χ0) is 12.4. The van der Waals surface area contributed by atoms with Gasteiger partial charge in [0, 0.05) is 24.8 Å². The number of nitrogens with two attached hydrogens (primary N) is 1. The highest BCUT2D eigenvalue weighted by molar-refractivity contribution is 5.80. The van der Waals surface area contributed by atoms with Crippen molar-refractivity contribution in [2.75, 3.05) is 23.7 Å². The minimum atomic E-state index is 0.668. The van der Waals surface area contributed by atoms with Gasteiger partial charge in [0.15, 0.2) is 0 Å². The molecule has 3 heterocycles. The maximum atomic E-state index is 5.93. The van der Waals surface area contributed by atoms with Crippen molar-refractivity contribution in [3.63, 3.8) is 0 Å². The monoisotopic (exact) mass is 243 g/mol. The summed E-state index contributed by atoms with van der Waals surface area (Å²) >= 11 is 0. The van der Waals surface area contributed by atoms with E-state index < -0.39 is 0 Å². The fourth-order valence-electron chi connectivity index (χ4n) is 2.46. The van der Waals surface area contributed by atoms with E-state index in [-0.39, 0.29) is 0 Å². The molecule has 94 valence electrons. The van der Waals surface area contributed by atoms with E-state index in [2.05, 4.69) is 20.1 Å². The van der Waals surface area contributed by atoms with Gasteiger partial charge in [-0.15, -0.1) is 0 Å². The number of H-pyrrole nitrogens is 1. The molecule has 1 saturated heterocycles. The van der Waals surface area contributed by atoms with Gasteiger partial charge in [0.2, 0.25) is 0 Å². The molecule has 3 N–H and O–H groups in total. The Morgan fingerprint density at radius 3 is 2.78 bits per heavy atom. The molecule has 3 rings (SSSR count). The first-order valence-electron chi connectivity index (χ1n) is 6.35. The van der Waals surface area contributed by atoms with Crippen molar-refractivity contribution in [3.8, 4) is 11.3 Å². The van der Waals surface area contributed by atoms with Crippen LogP contribution in [0.25, 0.3) is 11.3 Å². The number of anilines is 2. The molecule has 0 aromatic carbocycles.